The Morgan fingerprint density at radius 1 is 1.12 bits per heavy atom. The van der Waals surface area contributed by atoms with E-state index in [2.05, 4.69) is 10.3 Å². The van der Waals surface area contributed by atoms with Crippen LogP contribution in [0.4, 0.5) is 0 Å². The minimum absolute atomic E-state index is 0.0770. The van der Waals surface area contributed by atoms with Crippen LogP contribution in [0.1, 0.15) is 35.3 Å². The normalized spacial score (nSPS) is 19.9. The van der Waals surface area contributed by atoms with Crippen molar-refractivity contribution in [1.82, 2.24) is 10.3 Å². The van der Waals surface area contributed by atoms with Crippen molar-refractivity contribution in [1.29, 1.82) is 0 Å². The summed E-state index contributed by atoms with van der Waals surface area (Å²) in [5.74, 6) is -1.32. The Bertz CT molecular complexity index is 758. The SMILES string of the molecule is Cc1nc(-c2ccccc2)ccc1C(=O)N[C@@H]1CC[C@H](C(=O)O)C1. The molecule has 0 aliphatic heterocycles. The summed E-state index contributed by atoms with van der Waals surface area (Å²) in [6.45, 7) is 1.82. The van der Waals surface area contributed by atoms with Gasteiger partial charge in [0.2, 0.25) is 0 Å². The fourth-order valence-corrected chi connectivity index (χ4v) is 3.17. The Labute approximate surface area is 140 Å². The predicted octanol–water partition coefficient (Wildman–Crippen LogP) is 3.04. The van der Waals surface area contributed by atoms with E-state index < -0.39 is 5.97 Å². The van der Waals surface area contributed by atoms with Crippen molar-refractivity contribution in [3.63, 3.8) is 0 Å². The van der Waals surface area contributed by atoms with Crippen molar-refractivity contribution in [2.75, 3.05) is 0 Å². The molecule has 1 aliphatic carbocycles. The molecule has 3 rings (SSSR count). The number of aliphatic carboxylic acids is 1. The van der Waals surface area contributed by atoms with Crippen LogP contribution < -0.4 is 5.32 Å². The molecular weight excluding hydrogens is 304 g/mol. The average molecular weight is 324 g/mol. The van der Waals surface area contributed by atoms with Gasteiger partial charge in [-0.2, -0.15) is 0 Å². The second-order valence-corrected chi connectivity index (χ2v) is 6.21. The van der Waals surface area contributed by atoms with E-state index in [0.29, 0.717) is 30.5 Å². The molecule has 2 atom stereocenters. The predicted molar refractivity (Wildman–Crippen MR) is 90.6 cm³/mol. The second kappa shape index (κ2) is 6.83. The van der Waals surface area contributed by atoms with Gasteiger partial charge in [0.05, 0.1) is 22.9 Å². The van der Waals surface area contributed by atoms with E-state index in [1.165, 1.54) is 0 Å². The number of rotatable bonds is 4. The molecule has 2 N–H and O–H groups in total. The Kier molecular flexibility index (Phi) is 4.60. The van der Waals surface area contributed by atoms with E-state index in [-0.39, 0.29) is 17.9 Å². The Hall–Kier alpha value is -2.69. The number of carbonyl (C=O) groups is 2. The third kappa shape index (κ3) is 3.45. The highest BCUT2D eigenvalue weighted by Gasteiger charge is 2.30. The van der Waals surface area contributed by atoms with Crippen LogP contribution in [0.25, 0.3) is 11.3 Å². The summed E-state index contributed by atoms with van der Waals surface area (Å²) in [7, 11) is 0. The van der Waals surface area contributed by atoms with Gasteiger partial charge in [-0.05, 0) is 38.3 Å². The summed E-state index contributed by atoms with van der Waals surface area (Å²) in [5, 5.41) is 12.0. The molecule has 0 radical (unpaired) electrons. The monoisotopic (exact) mass is 324 g/mol. The maximum atomic E-state index is 12.4. The number of benzene rings is 1. The second-order valence-electron chi connectivity index (χ2n) is 6.21. The minimum atomic E-state index is -0.781. The van der Waals surface area contributed by atoms with Crippen molar-refractivity contribution >= 4 is 11.9 Å². The molecule has 124 valence electrons. The molecule has 0 saturated heterocycles. The van der Waals surface area contributed by atoms with Crippen LogP contribution in [0.2, 0.25) is 0 Å². The van der Waals surface area contributed by atoms with Gasteiger partial charge in [0.15, 0.2) is 0 Å². The van der Waals surface area contributed by atoms with E-state index >= 15 is 0 Å². The van der Waals surface area contributed by atoms with E-state index in [9.17, 15) is 9.59 Å². The number of carboxylic acid groups (broad SMARTS) is 1. The molecule has 0 bridgehead atoms. The first-order valence-electron chi connectivity index (χ1n) is 8.11. The minimum Gasteiger partial charge on any atom is -0.481 e. The molecule has 5 nitrogen and oxygen atoms in total. The number of aryl methyl sites for hydroxylation is 1. The Balaban J connectivity index is 1.71. The molecule has 1 aromatic heterocycles. The van der Waals surface area contributed by atoms with Gasteiger partial charge in [-0.15, -0.1) is 0 Å². The van der Waals surface area contributed by atoms with Gasteiger partial charge in [0.1, 0.15) is 0 Å². The lowest BCUT2D eigenvalue weighted by Gasteiger charge is -2.14. The van der Waals surface area contributed by atoms with Crippen LogP contribution >= 0.6 is 0 Å². The van der Waals surface area contributed by atoms with Gasteiger partial charge in [0.25, 0.3) is 5.91 Å². The van der Waals surface area contributed by atoms with Crippen LogP contribution in [0.3, 0.4) is 0 Å². The fourth-order valence-electron chi connectivity index (χ4n) is 3.17. The summed E-state index contributed by atoms with van der Waals surface area (Å²) in [4.78, 5) is 28.0. The molecule has 0 unspecified atom stereocenters. The van der Waals surface area contributed by atoms with Crippen LogP contribution in [0, 0.1) is 12.8 Å². The largest absolute Gasteiger partial charge is 0.481 e. The first-order chi connectivity index (χ1) is 11.5. The number of amides is 1. The van der Waals surface area contributed by atoms with Gasteiger partial charge in [-0.1, -0.05) is 30.3 Å². The van der Waals surface area contributed by atoms with E-state index in [0.717, 1.165) is 11.3 Å². The molecule has 2 aromatic rings. The van der Waals surface area contributed by atoms with Crippen LogP contribution in [0.15, 0.2) is 42.5 Å². The molecule has 24 heavy (non-hydrogen) atoms. The molecule has 1 aliphatic rings. The van der Waals surface area contributed by atoms with Gasteiger partial charge >= 0.3 is 5.97 Å². The average Bonchev–Trinajstić information content (AvgIpc) is 3.04. The lowest BCUT2D eigenvalue weighted by atomic mass is 10.1. The topological polar surface area (TPSA) is 79.3 Å². The maximum absolute atomic E-state index is 12.4. The molecule has 5 heteroatoms. The van der Waals surface area contributed by atoms with E-state index in [1.807, 2.05) is 43.3 Å². The number of carboxylic acids is 1. The number of carbonyl (C=O) groups excluding carboxylic acids is 1. The molecule has 1 heterocycles. The standard InChI is InChI=1S/C19H20N2O3/c1-12-16(9-10-17(20-12)13-5-3-2-4-6-13)18(22)21-15-8-7-14(11-15)19(23)24/h2-6,9-10,14-15H,7-8,11H2,1H3,(H,21,22)(H,23,24)/t14-,15+/m0/s1. The molecule has 0 spiro atoms. The Morgan fingerprint density at radius 2 is 1.88 bits per heavy atom. The number of aromatic nitrogens is 1. The zero-order chi connectivity index (χ0) is 17.1. The molecular formula is C19H20N2O3. The number of pyridine rings is 1. The van der Waals surface area contributed by atoms with Crippen molar-refractivity contribution in [3.8, 4) is 11.3 Å². The highest BCUT2D eigenvalue weighted by Crippen LogP contribution is 2.26. The first-order valence-corrected chi connectivity index (χ1v) is 8.11. The summed E-state index contributed by atoms with van der Waals surface area (Å²) in [5.41, 5.74) is 3.04. The zero-order valence-corrected chi connectivity index (χ0v) is 13.5. The van der Waals surface area contributed by atoms with E-state index in [1.54, 1.807) is 6.07 Å². The van der Waals surface area contributed by atoms with Crippen molar-refractivity contribution in [3.05, 3.63) is 53.7 Å². The quantitative estimate of drug-likeness (QED) is 0.906. The van der Waals surface area contributed by atoms with Gasteiger partial charge < -0.3 is 10.4 Å². The molecule has 1 fully saturated rings. The third-order valence-corrected chi connectivity index (χ3v) is 4.52. The van der Waals surface area contributed by atoms with Gasteiger partial charge in [-0.25, -0.2) is 0 Å². The van der Waals surface area contributed by atoms with Crippen LogP contribution in [0.5, 0.6) is 0 Å². The summed E-state index contributed by atoms with van der Waals surface area (Å²) >= 11 is 0. The number of nitrogens with zero attached hydrogens (tertiary/aromatic N) is 1. The third-order valence-electron chi connectivity index (χ3n) is 4.52. The molecule has 1 amide bonds. The van der Waals surface area contributed by atoms with E-state index in [4.69, 9.17) is 5.11 Å². The maximum Gasteiger partial charge on any atom is 0.306 e. The van der Waals surface area contributed by atoms with Crippen molar-refractivity contribution in [2.45, 2.75) is 32.2 Å². The number of hydrogen-bond acceptors (Lipinski definition) is 3. The number of nitrogens with one attached hydrogen (secondary N) is 1. The molecule has 1 saturated carbocycles. The van der Waals surface area contributed by atoms with Crippen LogP contribution in [-0.4, -0.2) is 28.0 Å². The zero-order valence-electron chi connectivity index (χ0n) is 13.5. The smallest absolute Gasteiger partial charge is 0.306 e. The number of hydrogen-bond donors (Lipinski definition) is 2. The highest BCUT2D eigenvalue weighted by molar-refractivity contribution is 5.95. The lowest BCUT2D eigenvalue weighted by Crippen LogP contribution is -2.33. The summed E-state index contributed by atoms with van der Waals surface area (Å²) in [6.07, 6.45) is 1.82. The van der Waals surface area contributed by atoms with Gasteiger partial charge in [-0.3, -0.25) is 14.6 Å². The lowest BCUT2D eigenvalue weighted by molar-refractivity contribution is -0.141. The highest BCUT2D eigenvalue weighted by atomic mass is 16.4. The summed E-state index contributed by atoms with van der Waals surface area (Å²) in [6, 6.07) is 13.3. The van der Waals surface area contributed by atoms with Crippen LogP contribution in [-0.2, 0) is 4.79 Å². The molecule has 1 aromatic carbocycles. The van der Waals surface area contributed by atoms with Crippen molar-refractivity contribution < 1.29 is 14.7 Å². The first kappa shape index (κ1) is 16.2. The summed E-state index contributed by atoms with van der Waals surface area (Å²) < 4.78 is 0. The fraction of sp³-hybridized carbons (Fsp3) is 0.316. The van der Waals surface area contributed by atoms with Gasteiger partial charge in [0, 0.05) is 11.6 Å². The van der Waals surface area contributed by atoms with Crippen molar-refractivity contribution in [2.24, 2.45) is 5.92 Å². The Morgan fingerprint density at radius 3 is 2.50 bits per heavy atom.